The molecule has 0 aliphatic heterocycles. The smallest absolute Gasteiger partial charge is 0.315 e. The summed E-state index contributed by atoms with van der Waals surface area (Å²) in [5.74, 6) is 2.44. The van der Waals surface area contributed by atoms with Gasteiger partial charge in [0.2, 0.25) is 5.91 Å². The first-order valence-electron chi connectivity index (χ1n) is 10.8. The van der Waals surface area contributed by atoms with Crippen LogP contribution in [0.15, 0.2) is 0 Å². The SMILES string of the molecule is CC(C)(C)CC(C)(C)NC(=O)CCNC(=O)NC12CC3CC(CC(C3)C1)C2. The lowest BCUT2D eigenvalue weighted by Crippen LogP contribution is -2.61. The van der Waals surface area contributed by atoms with Gasteiger partial charge in [-0.2, -0.15) is 0 Å². The molecule has 4 fully saturated rings. The van der Waals surface area contributed by atoms with Gasteiger partial charge in [0.15, 0.2) is 0 Å². The molecule has 3 amide bonds. The minimum atomic E-state index is -0.239. The second-order valence-corrected chi connectivity index (χ2v) is 11.5. The van der Waals surface area contributed by atoms with Gasteiger partial charge in [-0.15, -0.1) is 0 Å². The van der Waals surface area contributed by atoms with Crippen molar-refractivity contribution in [2.45, 2.75) is 97.1 Å². The van der Waals surface area contributed by atoms with E-state index in [-0.39, 0.29) is 28.4 Å². The zero-order valence-corrected chi connectivity index (χ0v) is 17.9. The van der Waals surface area contributed by atoms with Crippen LogP contribution in [0.5, 0.6) is 0 Å². The number of hydrogen-bond acceptors (Lipinski definition) is 2. The summed E-state index contributed by atoms with van der Waals surface area (Å²) in [5, 5.41) is 9.31. The highest BCUT2D eigenvalue weighted by Gasteiger charge is 2.51. The van der Waals surface area contributed by atoms with Gasteiger partial charge >= 0.3 is 6.03 Å². The van der Waals surface area contributed by atoms with Gasteiger partial charge in [-0.3, -0.25) is 4.79 Å². The van der Waals surface area contributed by atoms with E-state index in [1.807, 2.05) is 0 Å². The summed E-state index contributed by atoms with van der Waals surface area (Å²) in [7, 11) is 0. The van der Waals surface area contributed by atoms with E-state index < -0.39 is 0 Å². The molecule has 4 bridgehead atoms. The van der Waals surface area contributed by atoms with Crippen LogP contribution in [0, 0.1) is 23.2 Å². The zero-order chi connectivity index (χ0) is 19.9. The van der Waals surface area contributed by atoms with Gasteiger partial charge < -0.3 is 16.0 Å². The molecule has 5 heteroatoms. The fourth-order valence-electron chi connectivity index (χ4n) is 6.65. The molecule has 4 saturated carbocycles. The fraction of sp³-hybridized carbons (Fsp3) is 0.909. The molecule has 0 aromatic rings. The van der Waals surface area contributed by atoms with E-state index >= 15 is 0 Å². The quantitative estimate of drug-likeness (QED) is 0.655. The summed E-state index contributed by atoms with van der Waals surface area (Å²) in [4.78, 5) is 24.7. The molecule has 0 heterocycles. The van der Waals surface area contributed by atoms with Crippen molar-refractivity contribution in [2.24, 2.45) is 23.2 Å². The molecule has 154 valence electrons. The first-order chi connectivity index (χ1) is 12.4. The monoisotopic (exact) mass is 377 g/mol. The number of carbonyl (C=O) groups excluding carboxylic acids is 2. The van der Waals surface area contributed by atoms with E-state index in [0.29, 0.717) is 13.0 Å². The molecule has 5 nitrogen and oxygen atoms in total. The molecular formula is C22H39N3O2. The summed E-state index contributed by atoms with van der Waals surface area (Å²) in [6.07, 6.45) is 8.77. The van der Waals surface area contributed by atoms with Crippen molar-refractivity contribution in [3.8, 4) is 0 Å². The average molecular weight is 378 g/mol. The van der Waals surface area contributed by atoms with Crippen LogP contribution in [-0.2, 0) is 4.79 Å². The predicted molar refractivity (Wildman–Crippen MR) is 108 cm³/mol. The highest BCUT2D eigenvalue weighted by molar-refractivity contribution is 5.79. The third-order valence-electron chi connectivity index (χ3n) is 6.50. The number of urea groups is 1. The van der Waals surface area contributed by atoms with E-state index in [0.717, 1.165) is 43.4 Å². The second kappa shape index (κ2) is 7.29. The van der Waals surface area contributed by atoms with Crippen molar-refractivity contribution >= 4 is 11.9 Å². The van der Waals surface area contributed by atoms with Crippen LogP contribution in [0.25, 0.3) is 0 Å². The minimum absolute atomic E-state index is 0.000598. The summed E-state index contributed by atoms with van der Waals surface area (Å²) in [6.45, 7) is 11.0. The number of amides is 3. The number of nitrogens with one attached hydrogen (secondary N) is 3. The van der Waals surface area contributed by atoms with Crippen molar-refractivity contribution in [1.82, 2.24) is 16.0 Å². The maximum Gasteiger partial charge on any atom is 0.315 e. The number of carbonyl (C=O) groups is 2. The maximum absolute atomic E-state index is 12.4. The van der Waals surface area contributed by atoms with Crippen LogP contribution in [-0.4, -0.2) is 29.6 Å². The lowest BCUT2D eigenvalue weighted by molar-refractivity contribution is -0.122. The van der Waals surface area contributed by atoms with E-state index in [4.69, 9.17) is 0 Å². The summed E-state index contributed by atoms with van der Waals surface area (Å²) >= 11 is 0. The molecule has 4 aliphatic rings. The number of hydrogen-bond donors (Lipinski definition) is 3. The zero-order valence-electron chi connectivity index (χ0n) is 17.9. The Morgan fingerprint density at radius 1 is 0.926 bits per heavy atom. The van der Waals surface area contributed by atoms with Crippen LogP contribution in [0.1, 0.15) is 86.0 Å². The Labute approximate surface area is 164 Å². The third kappa shape index (κ3) is 5.61. The molecule has 3 N–H and O–H groups in total. The normalized spacial score (nSPS) is 32.3. The first kappa shape index (κ1) is 20.5. The van der Waals surface area contributed by atoms with Crippen molar-refractivity contribution in [3.63, 3.8) is 0 Å². The Hall–Kier alpha value is -1.26. The van der Waals surface area contributed by atoms with E-state index in [2.05, 4.69) is 50.6 Å². The van der Waals surface area contributed by atoms with Crippen LogP contribution < -0.4 is 16.0 Å². The topological polar surface area (TPSA) is 70.2 Å². The first-order valence-corrected chi connectivity index (χ1v) is 10.8. The molecule has 0 unspecified atom stereocenters. The van der Waals surface area contributed by atoms with Gasteiger partial charge in [0.1, 0.15) is 0 Å². The summed E-state index contributed by atoms with van der Waals surface area (Å²) in [5.41, 5.74) is -0.0562. The molecule has 0 spiro atoms. The van der Waals surface area contributed by atoms with Crippen LogP contribution in [0.3, 0.4) is 0 Å². The molecule has 4 aliphatic carbocycles. The standard InChI is InChI=1S/C22H39N3O2/c1-20(2,3)14-21(4,5)24-18(26)6-7-23-19(27)25-22-11-15-8-16(12-22)10-17(9-15)13-22/h15-17H,6-14H2,1-5H3,(H,24,26)(H2,23,25,27). The highest BCUT2D eigenvalue weighted by atomic mass is 16.2. The molecule has 0 aromatic carbocycles. The molecule has 0 atom stereocenters. The summed E-state index contributed by atoms with van der Waals surface area (Å²) < 4.78 is 0. The van der Waals surface area contributed by atoms with Gasteiger partial charge in [-0.05, 0) is 82.0 Å². The largest absolute Gasteiger partial charge is 0.351 e. The van der Waals surface area contributed by atoms with E-state index in [1.165, 1.54) is 19.3 Å². The Morgan fingerprint density at radius 3 is 1.93 bits per heavy atom. The predicted octanol–water partition coefficient (Wildman–Crippen LogP) is 3.98. The maximum atomic E-state index is 12.4. The van der Waals surface area contributed by atoms with Crippen molar-refractivity contribution in [3.05, 3.63) is 0 Å². The molecule has 0 radical (unpaired) electrons. The Balaban J connectivity index is 1.39. The van der Waals surface area contributed by atoms with Crippen molar-refractivity contribution < 1.29 is 9.59 Å². The second-order valence-electron chi connectivity index (χ2n) is 11.5. The van der Waals surface area contributed by atoms with Crippen LogP contribution >= 0.6 is 0 Å². The van der Waals surface area contributed by atoms with Gasteiger partial charge in [-0.25, -0.2) is 4.79 Å². The molecule has 4 rings (SSSR count). The van der Waals surface area contributed by atoms with E-state index in [1.54, 1.807) is 0 Å². The van der Waals surface area contributed by atoms with Gasteiger partial charge in [0, 0.05) is 24.0 Å². The lowest BCUT2D eigenvalue weighted by atomic mass is 9.53. The summed E-state index contributed by atoms with van der Waals surface area (Å²) in [6, 6.07) is -0.0984. The molecule has 0 aromatic heterocycles. The molecule has 27 heavy (non-hydrogen) atoms. The van der Waals surface area contributed by atoms with Crippen LogP contribution in [0.4, 0.5) is 4.79 Å². The molecule has 0 saturated heterocycles. The van der Waals surface area contributed by atoms with Crippen LogP contribution in [0.2, 0.25) is 0 Å². The van der Waals surface area contributed by atoms with Crippen molar-refractivity contribution in [2.75, 3.05) is 6.54 Å². The lowest BCUT2D eigenvalue weighted by Gasteiger charge is -2.56. The average Bonchev–Trinajstić information content (AvgIpc) is 2.41. The Kier molecular flexibility index (Phi) is 5.53. The number of rotatable bonds is 6. The van der Waals surface area contributed by atoms with Crippen molar-refractivity contribution in [1.29, 1.82) is 0 Å². The fourth-order valence-corrected chi connectivity index (χ4v) is 6.65. The van der Waals surface area contributed by atoms with E-state index in [9.17, 15) is 9.59 Å². The van der Waals surface area contributed by atoms with Gasteiger partial charge in [0.25, 0.3) is 0 Å². The molecular weight excluding hydrogens is 338 g/mol. The minimum Gasteiger partial charge on any atom is -0.351 e. The highest BCUT2D eigenvalue weighted by Crippen LogP contribution is 2.55. The van der Waals surface area contributed by atoms with Gasteiger partial charge in [0.05, 0.1) is 0 Å². The van der Waals surface area contributed by atoms with Gasteiger partial charge in [-0.1, -0.05) is 20.8 Å². The Morgan fingerprint density at radius 2 is 1.44 bits per heavy atom. The third-order valence-corrected chi connectivity index (χ3v) is 6.50. The Bertz CT molecular complexity index is 541.